The first-order chi connectivity index (χ1) is 13.9. The van der Waals surface area contributed by atoms with E-state index in [1.165, 1.54) is 7.11 Å². The monoisotopic (exact) mass is 400 g/mol. The number of aryl methyl sites for hydroxylation is 1. The first-order valence-corrected chi connectivity index (χ1v) is 10.1. The fourth-order valence-corrected chi connectivity index (χ4v) is 4.63. The predicted octanol–water partition coefficient (Wildman–Crippen LogP) is 0.435. The van der Waals surface area contributed by atoms with Crippen molar-refractivity contribution < 1.29 is 14.6 Å². The van der Waals surface area contributed by atoms with Crippen molar-refractivity contribution in [2.45, 2.75) is 31.9 Å². The van der Waals surface area contributed by atoms with Gasteiger partial charge in [0, 0.05) is 57.5 Å². The van der Waals surface area contributed by atoms with Gasteiger partial charge in [-0.2, -0.15) is 0 Å². The molecule has 8 nitrogen and oxygen atoms in total. The van der Waals surface area contributed by atoms with Gasteiger partial charge in [-0.1, -0.05) is 6.07 Å². The molecule has 2 atom stereocenters. The van der Waals surface area contributed by atoms with Crippen molar-refractivity contribution in [2.75, 3.05) is 39.9 Å². The molecule has 1 N–H and O–H groups in total. The summed E-state index contributed by atoms with van der Waals surface area (Å²) in [5, 5.41) is 11.1. The third-order valence-corrected chi connectivity index (χ3v) is 6.29. The molecule has 0 spiro atoms. The number of ether oxygens (including phenoxy) is 1. The quantitative estimate of drug-likeness (QED) is 0.801. The summed E-state index contributed by atoms with van der Waals surface area (Å²) in [5.41, 5.74) is 1.43. The lowest BCUT2D eigenvalue weighted by Crippen LogP contribution is -2.60. The van der Waals surface area contributed by atoms with E-state index in [9.17, 15) is 14.7 Å². The maximum atomic E-state index is 12.5. The zero-order valence-electron chi connectivity index (χ0n) is 17.0. The third kappa shape index (κ3) is 3.92. The number of carbonyl (C=O) groups excluding carboxylic acids is 1. The molecule has 2 aliphatic heterocycles. The van der Waals surface area contributed by atoms with E-state index >= 15 is 0 Å². The highest BCUT2D eigenvalue weighted by Crippen LogP contribution is 2.35. The summed E-state index contributed by atoms with van der Waals surface area (Å²) < 4.78 is 6.58. The molecule has 2 aromatic heterocycles. The standard InChI is InChI=1S/C21H28N4O4/c1-15-4-3-5-18-22-17(10-19(26)25(15)18)13-23-8-6-21(28)7-9-24(12-16(21)11-23)20(27)14-29-2/h3-5,10,16,28H,6-9,11-14H2,1-2H3/t16-,21-/m1/s1. The zero-order valence-corrected chi connectivity index (χ0v) is 17.0. The van der Waals surface area contributed by atoms with Gasteiger partial charge in [-0.15, -0.1) is 0 Å². The minimum absolute atomic E-state index is 0.0189. The second kappa shape index (κ2) is 7.85. The first kappa shape index (κ1) is 20.0. The van der Waals surface area contributed by atoms with Crippen LogP contribution in [0.15, 0.2) is 29.1 Å². The van der Waals surface area contributed by atoms with Crippen LogP contribution >= 0.6 is 0 Å². The van der Waals surface area contributed by atoms with Crippen molar-refractivity contribution in [1.29, 1.82) is 0 Å². The number of nitrogens with zero attached hydrogens (tertiary/aromatic N) is 4. The smallest absolute Gasteiger partial charge is 0.258 e. The molecule has 0 bridgehead atoms. The molecule has 2 fully saturated rings. The molecule has 156 valence electrons. The van der Waals surface area contributed by atoms with Gasteiger partial charge in [-0.3, -0.25) is 18.9 Å². The number of amides is 1. The summed E-state index contributed by atoms with van der Waals surface area (Å²) in [6.45, 7) is 5.02. The SMILES string of the molecule is COCC(=O)N1CC[C@]2(O)CCN(Cc3cc(=O)n4c(C)cccc4n3)C[C@@H]2C1. The lowest BCUT2D eigenvalue weighted by Gasteiger charge is -2.50. The summed E-state index contributed by atoms with van der Waals surface area (Å²) >= 11 is 0. The van der Waals surface area contributed by atoms with Crippen LogP contribution in [0.2, 0.25) is 0 Å². The number of methoxy groups -OCH3 is 1. The Morgan fingerprint density at radius 1 is 1.31 bits per heavy atom. The Hall–Kier alpha value is -2.29. The summed E-state index contributed by atoms with van der Waals surface area (Å²) in [6.07, 6.45) is 1.26. The van der Waals surface area contributed by atoms with Crippen molar-refractivity contribution in [3.63, 3.8) is 0 Å². The summed E-state index contributed by atoms with van der Waals surface area (Å²) in [5.74, 6) is -0.0548. The van der Waals surface area contributed by atoms with Crippen molar-refractivity contribution in [3.05, 3.63) is 46.0 Å². The van der Waals surface area contributed by atoms with Gasteiger partial charge in [-0.25, -0.2) is 4.98 Å². The Bertz CT molecular complexity index is 975. The van der Waals surface area contributed by atoms with E-state index in [2.05, 4.69) is 9.88 Å². The summed E-state index contributed by atoms with van der Waals surface area (Å²) in [4.78, 5) is 33.4. The third-order valence-electron chi connectivity index (χ3n) is 6.29. The van der Waals surface area contributed by atoms with Gasteiger partial charge in [-0.05, 0) is 31.9 Å². The van der Waals surface area contributed by atoms with E-state index in [1.54, 1.807) is 15.4 Å². The summed E-state index contributed by atoms with van der Waals surface area (Å²) in [7, 11) is 1.52. The van der Waals surface area contributed by atoms with E-state index in [1.807, 2.05) is 25.1 Å². The molecule has 2 aromatic rings. The predicted molar refractivity (Wildman–Crippen MR) is 108 cm³/mol. The second-order valence-corrected chi connectivity index (χ2v) is 8.25. The molecule has 8 heteroatoms. The van der Waals surface area contributed by atoms with Gasteiger partial charge in [0.05, 0.1) is 11.3 Å². The largest absolute Gasteiger partial charge is 0.389 e. The minimum atomic E-state index is -0.728. The van der Waals surface area contributed by atoms with E-state index in [0.29, 0.717) is 44.7 Å². The minimum Gasteiger partial charge on any atom is -0.389 e. The molecule has 4 rings (SSSR count). The highest BCUT2D eigenvalue weighted by molar-refractivity contribution is 5.77. The number of aromatic nitrogens is 2. The number of aliphatic hydroxyl groups is 1. The summed E-state index contributed by atoms with van der Waals surface area (Å²) in [6, 6.07) is 7.22. The molecular formula is C21H28N4O4. The van der Waals surface area contributed by atoms with Crippen molar-refractivity contribution >= 4 is 11.6 Å². The average molecular weight is 400 g/mol. The first-order valence-electron chi connectivity index (χ1n) is 10.1. The maximum absolute atomic E-state index is 12.5. The van der Waals surface area contributed by atoms with Gasteiger partial charge >= 0.3 is 0 Å². The zero-order chi connectivity index (χ0) is 20.6. The van der Waals surface area contributed by atoms with Crippen LogP contribution in [0.4, 0.5) is 0 Å². The Morgan fingerprint density at radius 3 is 2.90 bits per heavy atom. The molecule has 29 heavy (non-hydrogen) atoms. The number of fused-ring (bicyclic) bond motifs is 2. The van der Waals surface area contributed by atoms with Crippen LogP contribution in [0, 0.1) is 12.8 Å². The fraction of sp³-hybridized carbons (Fsp3) is 0.571. The van der Waals surface area contributed by atoms with Crippen LogP contribution in [-0.2, 0) is 16.1 Å². The van der Waals surface area contributed by atoms with Crippen LogP contribution in [0.25, 0.3) is 5.65 Å². The van der Waals surface area contributed by atoms with Gasteiger partial charge in [0.15, 0.2) is 0 Å². The van der Waals surface area contributed by atoms with Crippen LogP contribution < -0.4 is 5.56 Å². The molecule has 2 aliphatic rings. The number of carbonyl (C=O) groups is 1. The number of piperidine rings is 2. The maximum Gasteiger partial charge on any atom is 0.258 e. The van der Waals surface area contributed by atoms with Crippen LogP contribution in [-0.4, -0.2) is 75.7 Å². The van der Waals surface area contributed by atoms with E-state index in [0.717, 1.165) is 17.9 Å². The Kier molecular flexibility index (Phi) is 5.42. The van der Waals surface area contributed by atoms with Gasteiger partial charge in [0.2, 0.25) is 5.91 Å². The Morgan fingerprint density at radius 2 is 2.10 bits per heavy atom. The number of likely N-dealkylation sites (tertiary alicyclic amines) is 2. The molecular weight excluding hydrogens is 372 g/mol. The second-order valence-electron chi connectivity index (χ2n) is 8.25. The molecule has 0 aromatic carbocycles. The lowest BCUT2D eigenvalue weighted by atomic mass is 9.75. The van der Waals surface area contributed by atoms with Crippen LogP contribution in [0.3, 0.4) is 0 Å². The normalized spacial score (nSPS) is 25.2. The lowest BCUT2D eigenvalue weighted by molar-refractivity contribution is -0.150. The van der Waals surface area contributed by atoms with Gasteiger partial charge in [0.25, 0.3) is 5.56 Å². The topological polar surface area (TPSA) is 87.4 Å². The van der Waals surface area contributed by atoms with E-state index in [-0.39, 0.29) is 24.0 Å². The van der Waals surface area contributed by atoms with Gasteiger partial charge in [0.1, 0.15) is 12.3 Å². The Balaban J connectivity index is 1.49. The highest BCUT2D eigenvalue weighted by atomic mass is 16.5. The van der Waals surface area contributed by atoms with Crippen molar-refractivity contribution in [2.24, 2.45) is 5.92 Å². The van der Waals surface area contributed by atoms with Gasteiger partial charge < -0.3 is 14.7 Å². The van der Waals surface area contributed by atoms with E-state index < -0.39 is 5.60 Å². The average Bonchev–Trinajstić information content (AvgIpc) is 2.68. The molecule has 0 unspecified atom stereocenters. The molecule has 0 aliphatic carbocycles. The molecule has 0 radical (unpaired) electrons. The number of hydrogen-bond donors (Lipinski definition) is 1. The Labute approximate surface area is 169 Å². The molecule has 0 saturated carbocycles. The number of hydrogen-bond acceptors (Lipinski definition) is 6. The number of rotatable bonds is 4. The van der Waals surface area contributed by atoms with Crippen molar-refractivity contribution in [1.82, 2.24) is 19.2 Å². The number of pyridine rings is 1. The molecule has 2 saturated heterocycles. The van der Waals surface area contributed by atoms with Crippen molar-refractivity contribution in [3.8, 4) is 0 Å². The fourth-order valence-electron chi connectivity index (χ4n) is 4.63. The van der Waals surface area contributed by atoms with E-state index in [4.69, 9.17) is 4.74 Å². The van der Waals surface area contributed by atoms with Crippen LogP contribution in [0.5, 0.6) is 0 Å². The van der Waals surface area contributed by atoms with Crippen LogP contribution in [0.1, 0.15) is 24.2 Å². The molecule has 4 heterocycles. The molecule has 1 amide bonds. The highest BCUT2D eigenvalue weighted by Gasteiger charge is 2.45.